The van der Waals surface area contributed by atoms with Crippen LogP contribution in [0.2, 0.25) is 0 Å². The molecule has 0 unspecified atom stereocenters. The van der Waals surface area contributed by atoms with Gasteiger partial charge in [-0.1, -0.05) is 41.0 Å². The number of benzene rings is 2. The van der Waals surface area contributed by atoms with Gasteiger partial charge in [0.1, 0.15) is 0 Å². The molecule has 1 aliphatic carbocycles. The summed E-state index contributed by atoms with van der Waals surface area (Å²) in [6.45, 7) is 5.45. The first-order valence-electron chi connectivity index (χ1n) is 8.96. The number of allylic oxidation sites excluding steroid dienone is 2. The third-order valence-electron chi connectivity index (χ3n) is 5.55. The molecule has 0 aromatic heterocycles. The lowest BCUT2D eigenvalue weighted by Gasteiger charge is -2.38. The molecule has 0 spiro atoms. The fourth-order valence-electron chi connectivity index (χ4n) is 3.66. The van der Waals surface area contributed by atoms with E-state index in [4.69, 9.17) is 0 Å². The molecular formula is C21H22FNO4S. The quantitative estimate of drug-likeness (QED) is 0.396. The smallest absolute Gasteiger partial charge is 0.258 e. The molecule has 5 nitrogen and oxygen atoms in total. The van der Waals surface area contributed by atoms with Crippen LogP contribution in [0.4, 0.5) is 10.1 Å². The standard InChI is InChI=1S/C21H22FNO4S/c1-14-4-10-19(11-5-14)28(26,27)21(22)13-16(3)15(2)12-20(21)17-6-8-18(9-7-17)23(24)25/h4-11,20H,12-13H2,1-3H3/t20-,21+/m0/s1. The van der Waals surface area contributed by atoms with E-state index < -0.39 is 25.7 Å². The summed E-state index contributed by atoms with van der Waals surface area (Å²) < 4.78 is 43.1. The van der Waals surface area contributed by atoms with Crippen molar-refractivity contribution in [3.05, 3.63) is 80.9 Å². The van der Waals surface area contributed by atoms with E-state index in [9.17, 15) is 18.5 Å². The van der Waals surface area contributed by atoms with Crippen molar-refractivity contribution in [1.29, 1.82) is 0 Å². The molecule has 3 rings (SSSR count). The van der Waals surface area contributed by atoms with Gasteiger partial charge < -0.3 is 0 Å². The molecule has 1 aliphatic rings. The lowest BCUT2D eigenvalue weighted by molar-refractivity contribution is -0.384. The van der Waals surface area contributed by atoms with E-state index in [1.54, 1.807) is 19.1 Å². The Morgan fingerprint density at radius 2 is 1.57 bits per heavy atom. The molecule has 7 heteroatoms. The van der Waals surface area contributed by atoms with Crippen LogP contribution in [0.15, 0.2) is 64.6 Å². The van der Waals surface area contributed by atoms with Crippen molar-refractivity contribution in [3.8, 4) is 0 Å². The molecule has 0 radical (unpaired) electrons. The average Bonchev–Trinajstić information content (AvgIpc) is 2.65. The first-order chi connectivity index (χ1) is 13.1. The SMILES string of the molecule is CC1=C(C)C[C@@](F)(S(=O)(=O)c2ccc(C)cc2)[C@H](c2ccc([N+](=O)[O-])cc2)C1. The van der Waals surface area contributed by atoms with E-state index in [0.29, 0.717) is 5.56 Å². The minimum absolute atomic E-state index is 0.0557. The zero-order valence-electron chi connectivity index (χ0n) is 16.0. The van der Waals surface area contributed by atoms with Gasteiger partial charge in [-0.15, -0.1) is 0 Å². The lowest BCUT2D eigenvalue weighted by Crippen LogP contribution is -2.43. The highest BCUT2D eigenvalue weighted by atomic mass is 32.2. The third-order valence-corrected chi connectivity index (χ3v) is 7.76. The molecule has 0 saturated heterocycles. The molecule has 28 heavy (non-hydrogen) atoms. The Balaban J connectivity index is 2.13. The Hall–Kier alpha value is -2.54. The highest BCUT2D eigenvalue weighted by Gasteiger charge is 2.54. The van der Waals surface area contributed by atoms with Gasteiger partial charge in [0.2, 0.25) is 14.8 Å². The van der Waals surface area contributed by atoms with Gasteiger partial charge in [-0.05, 0) is 44.9 Å². The molecule has 2 atom stereocenters. The van der Waals surface area contributed by atoms with E-state index in [1.165, 1.54) is 36.4 Å². The second-order valence-corrected chi connectivity index (χ2v) is 9.60. The molecule has 148 valence electrons. The van der Waals surface area contributed by atoms with Crippen LogP contribution < -0.4 is 0 Å². The van der Waals surface area contributed by atoms with Crippen LogP contribution in [-0.2, 0) is 9.84 Å². The Labute approximate surface area is 164 Å². The van der Waals surface area contributed by atoms with E-state index in [1.807, 2.05) is 13.8 Å². The van der Waals surface area contributed by atoms with Crippen molar-refractivity contribution in [2.75, 3.05) is 0 Å². The number of sulfone groups is 1. The molecule has 2 aromatic rings. The van der Waals surface area contributed by atoms with Crippen LogP contribution in [0.5, 0.6) is 0 Å². The van der Waals surface area contributed by atoms with Crippen molar-refractivity contribution in [1.82, 2.24) is 0 Å². The highest BCUT2D eigenvalue weighted by molar-refractivity contribution is 7.92. The summed E-state index contributed by atoms with van der Waals surface area (Å²) in [5.74, 6) is -0.941. The van der Waals surface area contributed by atoms with E-state index in [2.05, 4.69) is 0 Å². The van der Waals surface area contributed by atoms with Crippen molar-refractivity contribution in [2.45, 2.75) is 49.4 Å². The summed E-state index contributed by atoms with van der Waals surface area (Å²) in [4.78, 5) is 10.3. The molecular weight excluding hydrogens is 381 g/mol. The number of aryl methyl sites for hydroxylation is 1. The molecule has 2 aromatic carbocycles. The zero-order chi connectivity index (χ0) is 20.7. The van der Waals surface area contributed by atoms with Gasteiger partial charge in [0.05, 0.1) is 9.82 Å². The van der Waals surface area contributed by atoms with Crippen LogP contribution >= 0.6 is 0 Å². The first kappa shape index (κ1) is 20.2. The Bertz CT molecular complexity index is 1040. The Kier molecular flexibility index (Phi) is 5.14. The van der Waals surface area contributed by atoms with Crippen LogP contribution in [0, 0.1) is 17.0 Å². The molecule has 0 N–H and O–H groups in total. The number of alkyl halides is 1. The molecule has 0 amide bonds. The fraction of sp³-hybridized carbons (Fsp3) is 0.333. The average molecular weight is 403 g/mol. The second kappa shape index (κ2) is 7.13. The number of nitro benzene ring substituents is 1. The van der Waals surface area contributed by atoms with Crippen LogP contribution in [0.25, 0.3) is 0 Å². The number of halogens is 1. The second-order valence-electron chi connectivity index (χ2n) is 7.45. The van der Waals surface area contributed by atoms with Crippen LogP contribution in [0.3, 0.4) is 0 Å². The van der Waals surface area contributed by atoms with Gasteiger partial charge >= 0.3 is 0 Å². The predicted molar refractivity (Wildman–Crippen MR) is 106 cm³/mol. The molecule has 0 fully saturated rings. The van der Waals surface area contributed by atoms with Gasteiger partial charge in [0.25, 0.3) is 5.69 Å². The maximum absolute atomic E-state index is 16.4. The Morgan fingerprint density at radius 3 is 2.11 bits per heavy atom. The minimum atomic E-state index is -4.29. The van der Waals surface area contributed by atoms with Gasteiger partial charge in [-0.3, -0.25) is 10.1 Å². The van der Waals surface area contributed by atoms with Gasteiger partial charge in [-0.25, -0.2) is 12.8 Å². The van der Waals surface area contributed by atoms with Crippen molar-refractivity contribution in [3.63, 3.8) is 0 Å². The number of hydrogen-bond donors (Lipinski definition) is 0. The summed E-state index contributed by atoms with van der Waals surface area (Å²) in [5, 5.41) is 8.39. The molecule has 0 aliphatic heterocycles. The molecule has 0 bridgehead atoms. The topological polar surface area (TPSA) is 77.3 Å². The van der Waals surface area contributed by atoms with Crippen molar-refractivity contribution in [2.24, 2.45) is 0 Å². The minimum Gasteiger partial charge on any atom is -0.258 e. The summed E-state index contributed by atoms with van der Waals surface area (Å²) in [6.07, 6.45) is 0.0158. The summed E-state index contributed by atoms with van der Waals surface area (Å²) in [7, 11) is -4.29. The largest absolute Gasteiger partial charge is 0.269 e. The van der Waals surface area contributed by atoms with E-state index in [-0.39, 0.29) is 23.4 Å². The molecule has 0 saturated carbocycles. The fourth-order valence-corrected chi connectivity index (χ4v) is 5.55. The summed E-state index contributed by atoms with van der Waals surface area (Å²) in [5.41, 5.74) is 2.87. The van der Waals surface area contributed by atoms with Crippen molar-refractivity contribution >= 4 is 15.5 Å². The maximum atomic E-state index is 16.4. The van der Waals surface area contributed by atoms with Gasteiger partial charge in [0.15, 0.2) is 0 Å². The highest BCUT2D eigenvalue weighted by Crippen LogP contribution is 2.51. The van der Waals surface area contributed by atoms with Crippen LogP contribution in [0.1, 0.15) is 43.7 Å². The van der Waals surface area contributed by atoms with Gasteiger partial charge in [-0.2, -0.15) is 0 Å². The normalized spacial score (nSPS) is 22.9. The first-order valence-corrected chi connectivity index (χ1v) is 10.4. The van der Waals surface area contributed by atoms with E-state index >= 15 is 4.39 Å². The van der Waals surface area contributed by atoms with Crippen molar-refractivity contribution < 1.29 is 17.7 Å². The zero-order valence-corrected chi connectivity index (χ0v) is 16.8. The third kappa shape index (κ3) is 3.35. The Morgan fingerprint density at radius 1 is 1.00 bits per heavy atom. The predicted octanol–water partition coefficient (Wildman–Crippen LogP) is 5.26. The lowest BCUT2D eigenvalue weighted by atomic mass is 9.79. The number of nitro groups is 1. The maximum Gasteiger partial charge on any atom is 0.269 e. The number of nitrogens with zero attached hydrogens (tertiary/aromatic N) is 1. The molecule has 0 heterocycles. The summed E-state index contributed by atoms with van der Waals surface area (Å²) >= 11 is 0. The number of hydrogen-bond acceptors (Lipinski definition) is 4. The van der Waals surface area contributed by atoms with Crippen LogP contribution in [-0.4, -0.2) is 18.3 Å². The monoisotopic (exact) mass is 403 g/mol. The number of rotatable bonds is 4. The van der Waals surface area contributed by atoms with Gasteiger partial charge in [0, 0.05) is 24.5 Å². The number of non-ortho nitro benzene ring substituents is 1. The van der Waals surface area contributed by atoms with E-state index in [0.717, 1.165) is 16.7 Å². The summed E-state index contributed by atoms with van der Waals surface area (Å²) in [6, 6.07) is 11.6.